The predicted octanol–water partition coefficient (Wildman–Crippen LogP) is 3.42. The molecule has 0 radical (unpaired) electrons. The van der Waals surface area contributed by atoms with E-state index in [0.29, 0.717) is 18.6 Å². The molecule has 1 aromatic carbocycles. The Hall–Kier alpha value is -0.970. The summed E-state index contributed by atoms with van der Waals surface area (Å²) in [4.78, 5) is 5.01. The molecule has 0 unspecified atom stereocenters. The van der Waals surface area contributed by atoms with Gasteiger partial charge in [0.2, 0.25) is 0 Å². The van der Waals surface area contributed by atoms with E-state index < -0.39 is 0 Å². The number of halogens is 1. The van der Waals surface area contributed by atoms with E-state index in [4.69, 9.17) is 0 Å². The Morgan fingerprint density at radius 1 is 1.04 bits per heavy atom. The van der Waals surface area contributed by atoms with E-state index in [0.717, 1.165) is 31.6 Å². The number of aliphatic hydroxyl groups excluding tert-OH is 1. The summed E-state index contributed by atoms with van der Waals surface area (Å²) >= 11 is 0. The lowest BCUT2D eigenvalue weighted by Crippen LogP contribution is -2.55. The lowest BCUT2D eigenvalue weighted by atomic mass is 10.0. The summed E-state index contributed by atoms with van der Waals surface area (Å²) in [6.45, 7) is 3.91. The Morgan fingerprint density at radius 3 is 2.50 bits per heavy atom. The minimum Gasteiger partial charge on any atom is -0.396 e. The molecule has 1 atom stereocenters. The van der Waals surface area contributed by atoms with Gasteiger partial charge in [0, 0.05) is 50.4 Å². The number of aliphatic hydroxyl groups is 1. The number of rotatable bonds is 5. The van der Waals surface area contributed by atoms with Gasteiger partial charge in [0.25, 0.3) is 0 Å². The highest BCUT2D eigenvalue weighted by Crippen LogP contribution is 2.26. The Bertz CT molecular complexity index is 502. The van der Waals surface area contributed by atoms with Crippen LogP contribution in [0.1, 0.15) is 50.5 Å². The van der Waals surface area contributed by atoms with Gasteiger partial charge in [-0.25, -0.2) is 4.39 Å². The SMILES string of the molecule is OCC[C@@H]1CN(C2CCCCCC2)CCN1Cc1ccccc1F. The van der Waals surface area contributed by atoms with Gasteiger partial charge in [-0.3, -0.25) is 9.80 Å². The van der Waals surface area contributed by atoms with Gasteiger partial charge >= 0.3 is 0 Å². The van der Waals surface area contributed by atoms with Gasteiger partial charge in [-0.15, -0.1) is 0 Å². The highest BCUT2D eigenvalue weighted by Gasteiger charge is 2.31. The topological polar surface area (TPSA) is 26.7 Å². The first-order valence-corrected chi connectivity index (χ1v) is 9.60. The van der Waals surface area contributed by atoms with Crippen LogP contribution in [0.4, 0.5) is 4.39 Å². The molecule has 4 heteroatoms. The molecule has 0 bridgehead atoms. The molecule has 3 rings (SSSR count). The van der Waals surface area contributed by atoms with E-state index in [1.807, 2.05) is 12.1 Å². The third kappa shape index (κ3) is 4.56. The standard InChI is InChI=1S/C20H31FN2O/c21-20-10-6-5-7-17(20)15-22-12-13-23(16-19(22)11-14-24)18-8-3-1-2-4-9-18/h5-7,10,18-19,24H,1-4,8-9,11-16H2/t19-/m1/s1. The van der Waals surface area contributed by atoms with Gasteiger partial charge < -0.3 is 5.11 Å². The number of hydrogen-bond donors (Lipinski definition) is 1. The molecule has 0 amide bonds. The first-order chi connectivity index (χ1) is 11.8. The van der Waals surface area contributed by atoms with Gasteiger partial charge in [0.15, 0.2) is 0 Å². The molecule has 1 aliphatic heterocycles. The average molecular weight is 334 g/mol. The lowest BCUT2D eigenvalue weighted by molar-refractivity contribution is 0.0271. The third-order valence-electron chi connectivity index (χ3n) is 5.77. The Balaban J connectivity index is 1.63. The summed E-state index contributed by atoms with van der Waals surface area (Å²) in [6.07, 6.45) is 8.87. The fourth-order valence-electron chi connectivity index (χ4n) is 4.35. The summed E-state index contributed by atoms with van der Waals surface area (Å²) in [5.74, 6) is -0.119. The van der Waals surface area contributed by atoms with E-state index in [1.54, 1.807) is 6.07 Å². The summed E-state index contributed by atoms with van der Waals surface area (Å²) in [5, 5.41) is 9.48. The van der Waals surface area contributed by atoms with E-state index in [9.17, 15) is 9.50 Å². The summed E-state index contributed by atoms with van der Waals surface area (Å²) in [5.41, 5.74) is 0.767. The zero-order valence-corrected chi connectivity index (χ0v) is 14.7. The van der Waals surface area contributed by atoms with Crippen LogP contribution < -0.4 is 0 Å². The van der Waals surface area contributed by atoms with Gasteiger partial charge in [-0.2, -0.15) is 0 Å². The second-order valence-electron chi connectivity index (χ2n) is 7.37. The minimum atomic E-state index is -0.119. The molecule has 24 heavy (non-hydrogen) atoms. The first-order valence-electron chi connectivity index (χ1n) is 9.60. The largest absolute Gasteiger partial charge is 0.396 e. The second-order valence-corrected chi connectivity index (χ2v) is 7.37. The van der Waals surface area contributed by atoms with E-state index in [2.05, 4.69) is 9.80 Å². The van der Waals surface area contributed by atoms with Gasteiger partial charge in [-0.1, -0.05) is 43.9 Å². The number of piperazine rings is 1. The molecule has 1 N–H and O–H groups in total. The molecule has 0 spiro atoms. The molecule has 1 aromatic rings. The van der Waals surface area contributed by atoms with E-state index in [1.165, 1.54) is 44.6 Å². The van der Waals surface area contributed by atoms with E-state index >= 15 is 0 Å². The molecule has 0 aromatic heterocycles. The third-order valence-corrected chi connectivity index (χ3v) is 5.77. The predicted molar refractivity (Wildman–Crippen MR) is 95.4 cm³/mol. The highest BCUT2D eigenvalue weighted by molar-refractivity contribution is 5.17. The van der Waals surface area contributed by atoms with Crippen LogP contribution in [0, 0.1) is 5.82 Å². The van der Waals surface area contributed by atoms with Crippen molar-refractivity contribution in [2.24, 2.45) is 0 Å². The van der Waals surface area contributed by atoms with Crippen molar-refractivity contribution in [1.82, 2.24) is 9.80 Å². The molecule has 2 fully saturated rings. The van der Waals surface area contributed by atoms with Crippen LogP contribution >= 0.6 is 0 Å². The zero-order chi connectivity index (χ0) is 16.8. The van der Waals surface area contributed by atoms with Gasteiger partial charge in [0.05, 0.1) is 0 Å². The Labute approximate surface area is 145 Å². The van der Waals surface area contributed by atoms with Crippen LogP contribution in [0.25, 0.3) is 0 Å². The molecule has 134 valence electrons. The van der Waals surface area contributed by atoms with Crippen molar-refractivity contribution < 1.29 is 9.50 Å². The lowest BCUT2D eigenvalue weighted by Gasteiger charge is -2.44. The summed E-state index contributed by atoms with van der Waals surface area (Å²) in [7, 11) is 0. The van der Waals surface area contributed by atoms with Crippen molar-refractivity contribution in [2.75, 3.05) is 26.2 Å². The normalized spacial score (nSPS) is 24.8. The monoisotopic (exact) mass is 334 g/mol. The van der Waals surface area contributed by atoms with Crippen LogP contribution in [0.3, 0.4) is 0 Å². The van der Waals surface area contributed by atoms with Crippen LogP contribution in [-0.4, -0.2) is 53.2 Å². The molecule has 3 nitrogen and oxygen atoms in total. The number of hydrogen-bond acceptors (Lipinski definition) is 3. The highest BCUT2D eigenvalue weighted by atomic mass is 19.1. The molecule has 1 aliphatic carbocycles. The maximum absolute atomic E-state index is 14.0. The van der Waals surface area contributed by atoms with Crippen LogP contribution in [-0.2, 0) is 6.54 Å². The zero-order valence-electron chi connectivity index (χ0n) is 14.7. The van der Waals surface area contributed by atoms with Crippen molar-refractivity contribution >= 4 is 0 Å². The van der Waals surface area contributed by atoms with Crippen molar-refractivity contribution in [1.29, 1.82) is 0 Å². The molecule has 2 aliphatic rings. The number of nitrogens with zero attached hydrogens (tertiary/aromatic N) is 2. The van der Waals surface area contributed by atoms with Crippen LogP contribution in [0.2, 0.25) is 0 Å². The van der Waals surface area contributed by atoms with Gasteiger partial charge in [-0.05, 0) is 25.3 Å². The molecular formula is C20H31FN2O. The summed E-state index contributed by atoms with van der Waals surface area (Å²) < 4.78 is 14.0. The van der Waals surface area contributed by atoms with Crippen molar-refractivity contribution in [2.45, 2.75) is 63.6 Å². The molecule has 1 heterocycles. The molecule has 1 saturated heterocycles. The van der Waals surface area contributed by atoms with Crippen LogP contribution in [0.5, 0.6) is 0 Å². The maximum atomic E-state index is 14.0. The fourth-order valence-corrected chi connectivity index (χ4v) is 4.35. The van der Waals surface area contributed by atoms with Crippen LogP contribution in [0.15, 0.2) is 24.3 Å². The number of benzene rings is 1. The maximum Gasteiger partial charge on any atom is 0.127 e. The van der Waals surface area contributed by atoms with Crippen molar-refractivity contribution in [3.05, 3.63) is 35.6 Å². The van der Waals surface area contributed by atoms with Crippen molar-refractivity contribution in [3.8, 4) is 0 Å². The quantitative estimate of drug-likeness (QED) is 0.836. The minimum absolute atomic E-state index is 0.119. The summed E-state index contributed by atoms with van der Waals surface area (Å²) in [6, 6.07) is 8.10. The second kappa shape index (κ2) is 8.93. The molecular weight excluding hydrogens is 303 g/mol. The van der Waals surface area contributed by atoms with Gasteiger partial charge in [0.1, 0.15) is 5.82 Å². The average Bonchev–Trinajstić information content (AvgIpc) is 2.88. The smallest absolute Gasteiger partial charge is 0.127 e. The Kier molecular flexibility index (Phi) is 6.64. The molecule has 1 saturated carbocycles. The fraction of sp³-hybridized carbons (Fsp3) is 0.700. The Morgan fingerprint density at radius 2 is 1.79 bits per heavy atom. The first kappa shape index (κ1) is 17.8. The van der Waals surface area contributed by atoms with E-state index in [-0.39, 0.29) is 12.4 Å². The van der Waals surface area contributed by atoms with Crippen molar-refractivity contribution in [3.63, 3.8) is 0 Å².